The number of nitrogen functional groups attached to an aromatic ring is 2. The van der Waals surface area contributed by atoms with E-state index >= 15 is 0 Å². The van der Waals surface area contributed by atoms with E-state index in [0.29, 0.717) is 11.5 Å². The van der Waals surface area contributed by atoms with Gasteiger partial charge in [0, 0.05) is 22.5 Å². The van der Waals surface area contributed by atoms with Crippen LogP contribution in [0.3, 0.4) is 0 Å². The van der Waals surface area contributed by atoms with Crippen LogP contribution in [0.2, 0.25) is 0 Å². The minimum Gasteiger partial charge on any atom is -0.526 e. The Morgan fingerprint density at radius 3 is 1.48 bits per heavy atom. The maximum absolute atomic E-state index is 5.97. The molecule has 0 aliphatic carbocycles. The molecule has 21 heavy (non-hydrogen) atoms. The molecular weight excluding hydrogens is 263 g/mol. The lowest BCUT2D eigenvalue weighted by Crippen LogP contribution is -2.13. The van der Waals surface area contributed by atoms with Gasteiger partial charge in [0.05, 0.1) is 0 Å². The highest BCUT2D eigenvalue weighted by Gasteiger charge is 2.10. The van der Waals surface area contributed by atoms with Crippen LogP contribution in [0.4, 0.5) is 11.4 Å². The number of anilines is 2. The van der Waals surface area contributed by atoms with Gasteiger partial charge >= 0.3 is 7.69 Å². The van der Waals surface area contributed by atoms with Gasteiger partial charge in [-0.25, -0.2) is 0 Å². The van der Waals surface area contributed by atoms with Crippen molar-refractivity contribution in [2.75, 3.05) is 11.5 Å². The molecule has 0 aromatic heterocycles. The molecule has 0 unspecified atom stereocenters. The Morgan fingerprint density at radius 1 is 0.714 bits per heavy atom. The van der Waals surface area contributed by atoms with Gasteiger partial charge in [-0.1, -0.05) is 12.1 Å². The molecule has 0 atom stereocenters. The normalized spacial score (nSPS) is 10.3. The van der Waals surface area contributed by atoms with Gasteiger partial charge in [-0.05, 0) is 51.0 Å². The lowest BCUT2D eigenvalue weighted by molar-refractivity contribution is 0.455. The second kappa shape index (κ2) is 6.00. The van der Waals surface area contributed by atoms with Crippen LogP contribution in [-0.2, 0) is 0 Å². The molecule has 1 radical (unpaired) electrons. The third kappa shape index (κ3) is 3.07. The van der Waals surface area contributed by atoms with Gasteiger partial charge in [-0.3, -0.25) is 0 Å². The van der Waals surface area contributed by atoms with Gasteiger partial charge in [-0.2, -0.15) is 0 Å². The van der Waals surface area contributed by atoms with Gasteiger partial charge in [0.15, 0.2) is 0 Å². The van der Waals surface area contributed by atoms with E-state index in [-0.39, 0.29) is 0 Å². The topological polar surface area (TPSA) is 70.5 Å². The molecule has 109 valence electrons. The number of rotatable bonds is 4. The molecule has 0 aliphatic heterocycles. The van der Waals surface area contributed by atoms with Crippen molar-refractivity contribution in [1.29, 1.82) is 0 Å². The zero-order valence-electron chi connectivity index (χ0n) is 12.9. The summed E-state index contributed by atoms with van der Waals surface area (Å²) in [5.74, 6) is 1.35. The van der Waals surface area contributed by atoms with Crippen LogP contribution in [-0.4, -0.2) is 7.69 Å². The molecule has 2 aromatic carbocycles. The molecule has 4 nitrogen and oxygen atoms in total. The van der Waals surface area contributed by atoms with Crippen molar-refractivity contribution in [2.45, 2.75) is 27.7 Å². The number of hydrogen-bond donors (Lipinski definition) is 2. The van der Waals surface area contributed by atoms with Crippen LogP contribution in [0.1, 0.15) is 22.3 Å². The SMILES string of the molecule is Cc1ccc(O[B]Oc2ccc(C)c(N)c2C)c(C)c1N. The average molecular weight is 283 g/mol. The first-order valence-electron chi connectivity index (χ1n) is 6.78. The van der Waals surface area contributed by atoms with Gasteiger partial charge < -0.3 is 20.8 Å². The van der Waals surface area contributed by atoms with Crippen LogP contribution in [0, 0.1) is 27.7 Å². The summed E-state index contributed by atoms with van der Waals surface area (Å²) in [5.41, 5.74) is 17.3. The Hall–Kier alpha value is -2.30. The van der Waals surface area contributed by atoms with E-state index in [0.717, 1.165) is 33.6 Å². The summed E-state index contributed by atoms with van der Waals surface area (Å²) in [6.45, 7) is 7.76. The van der Waals surface area contributed by atoms with E-state index in [1.165, 1.54) is 7.69 Å². The molecule has 0 heterocycles. The third-order valence-corrected chi connectivity index (χ3v) is 3.72. The Bertz CT molecular complexity index is 614. The first kappa shape index (κ1) is 15.1. The summed E-state index contributed by atoms with van der Waals surface area (Å²) in [5, 5.41) is 0. The van der Waals surface area contributed by atoms with E-state index in [4.69, 9.17) is 20.8 Å². The van der Waals surface area contributed by atoms with Crippen molar-refractivity contribution in [2.24, 2.45) is 0 Å². The lowest BCUT2D eigenvalue weighted by atomic mass is 10.1. The Kier molecular flexibility index (Phi) is 4.31. The molecule has 0 saturated carbocycles. The summed E-state index contributed by atoms with van der Waals surface area (Å²) in [7, 11) is 1.30. The monoisotopic (exact) mass is 283 g/mol. The number of nitrogens with two attached hydrogens (primary N) is 2. The highest BCUT2D eigenvalue weighted by Crippen LogP contribution is 2.28. The van der Waals surface area contributed by atoms with Gasteiger partial charge in [0.25, 0.3) is 0 Å². The van der Waals surface area contributed by atoms with Crippen LogP contribution >= 0.6 is 0 Å². The number of benzene rings is 2. The molecule has 0 fully saturated rings. The van der Waals surface area contributed by atoms with Crippen molar-refractivity contribution in [1.82, 2.24) is 0 Å². The fourth-order valence-electron chi connectivity index (χ4n) is 2.07. The minimum atomic E-state index is 0.677. The highest BCUT2D eigenvalue weighted by molar-refractivity contribution is 6.21. The molecule has 4 N–H and O–H groups in total. The fraction of sp³-hybridized carbons (Fsp3) is 0.250. The molecule has 2 rings (SSSR count). The molecule has 5 heteroatoms. The average Bonchev–Trinajstić information content (AvgIpc) is 2.47. The fourth-order valence-corrected chi connectivity index (χ4v) is 2.07. The van der Waals surface area contributed by atoms with Crippen molar-refractivity contribution in [3.8, 4) is 11.5 Å². The molecule has 0 amide bonds. The first-order valence-corrected chi connectivity index (χ1v) is 6.78. The predicted molar refractivity (Wildman–Crippen MR) is 87.7 cm³/mol. The largest absolute Gasteiger partial charge is 0.658 e. The molecule has 0 bridgehead atoms. The van der Waals surface area contributed by atoms with E-state index < -0.39 is 0 Å². The summed E-state index contributed by atoms with van der Waals surface area (Å²) < 4.78 is 11.1. The van der Waals surface area contributed by atoms with Crippen molar-refractivity contribution < 1.29 is 9.31 Å². The van der Waals surface area contributed by atoms with Gasteiger partial charge in [-0.15, -0.1) is 0 Å². The first-order chi connectivity index (χ1) is 9.91. The highest BCUT2D eigenvalue weighted by atomic mass is 16.6. The smallest absolute Gasteiger partial charge is 0.526 e. The van der Waals surface area contributed by atoms with Gasteiger partial charge in [0.1, 0.15) is 11.5 Å². The van der Waals surface area contributed by atoms with Crippen molar-refractivity contribution in [3.63, 3.8) is 0 Å². The van der Waals surface area contributed by atoms with E-state index in [1.54, 1.807) is 0 Å². The van der Waals surface area contributed by atoms with Gasteiger partial charge in [0.2, 0.25) is 0 Å². The number of hydrogen-bond acceptors (Lipinski definition) is 4. The molecular formula is C16H20BN2O2. The predicted octanol–water partition coefficient (Wildman–Crippen LogP) is 3.08. The summed E-state index contributed by atoms with van der Waals surface area (Å²) in [6.07, 6.45) is 0. The Morgan fingerprint density at radius 2 is 1.10 bits per heavy atom. The van der Waals surface area contributed by atoms with Crippen molar-refractivity contribution in [3.05, 3.63) is 46.5 Å². The number of aryl methyl sites for hydroxylation is 2. The van der Waals surface area contributed by atoms with Crippen LogP contribution in [0.15, 0.2) is 24.3 Å². The van der Waals surface area contributed by atoms with E-state index in [1.807, 2.05) is 52.0 Å². The minimum absolute atomic E-state index is 0.677. The summed E-state index contributed by atoms with van der Waals surface area (Å²) in [6, 6.07) is 7.58. The van der Waals surface area contributed by atoms with Crippen molar-refractivity contribution >= 4 is 19.1 Å². The second-order valence-corrected chi connectivity index (χ2v) is 5.17. The molecule has 0 spiro atoms. The van der Waals surface area contributed by atoms with Crippen LogP contribution in [0.5, 0.6) is 11.5 Å². The summed E-state index contributed by atoms with van der Waals surface area (Å²) in [4.78, 5) is 0. The van der Waals surface area contributed by atoms with Crippen LogP contribution < -0.4 is 20.8 Å². The molecule has 0 aliphatic rings. The molecule has 0 saturated heterocycles. The lowest BCUT2D eigenvalue weighted by Gasteiger charge is -2.14. The Labute approximate surface area is 126 Å². The molecule has 2 aromatic rings. The van der Waals surface area contributed by atoms with Crippen LogP contribution in [0.25, 0.3) is 0 Å². The standard InChI is InChI=1S/C16H20BN2O2/c1-9-5-7-13(11(3)15(9)18)20-17-21-14-8-6-10(2)16(19)12(14)4/h5-8H,18-19H2,1-4H3. The van der Waals surface area contributed by atoms with E-state index in [2.05, 4.69) is 0 Å². The summed E-state index contributed by atoms with van der Waals surface area (Å²) >= 11 is 0. The van der Waals surface area contributed by atoms with E-state index in [9.17, 15) is 0 Å². The maximum atomic E-state index is 5.97. The zero-order valence-corrected chi connectivity index (χ0v) is 12.9. The second-order valence-electron chi connectivity index (χ2n) is 5.17. The quantitative estimate of drug-likeness (QED) is 0.668. The maximum Gasteiger partial charge on any atom is 0.658 e. The zero-order chi connectivity index (χ0) is 15.6. The Balaban J connectivity index is 2.06. The third-order valence-electron chi connectivity index (χ3n) is 3.72.